The van der Waals surface area contributed by atoms with Gasteiger partial charge in [-0.1, -0.05) is 30.3 Å². The Morgan fingerprint density at radius 3 is 2.50 bits per heavy atom. The Bertz CT molecular complexity index is 1460. The van der Waals surface area contributed by atoms with Gasteiger partial charge in [0.1, 0.15) is 12.2 Å². The van der Waals surface area contributed by atoms with Crippen LogP contribution in [-0.2, 0) is 4.74 Å². The van der Waals surface area contributed by atoms with E-state index in [1.165, 1.54) is 6.42 Å². The number of fused-ring (bicyclic) bond motifs is 1. The number of rotatable bonds is 6. The zero-order chi connectivity index (χ0) is 24.6. The van der Waals surface area contributed by atoms with Gasteiger partial charge in [0.05, 0.1) is 22.5 Å². The molecule has 0 saturated heterocycles. The first-order valence-electron chi connectivity index (χ1n) is 12.7. The minimum atomic E-state index is -0.425. The van der Waals surface area contributed by atoms with Crippen LogP contribution in [0.2, 0.25) is 0 Å². The molecule has 1 amide bonds. The van der Waals surface area contributed by atoms with E-state index in [4.69, 9.17) is 4.74 Å². The number of hydrogen-bond acceptors (Lipinski definition) is 4. The minimum absolute atomic E-state index is 0.0587. The summed E-state index contributed by atoms with van der Waals surface area (Å²) in [6.07, 6.45) is 6.96. The zero-order valence-electron chi connectivity index (χ0n) is 20.3. The molecule has 2 heterocycles. The number of aromatic nitrogens is 2. The predicted molar refractivity (Wildman–Crippen MR) is 140 cm³/mol. The third kappa shape index (κ3) is 4.11. The van der Waals surface area contributed by atoms with Gasteiger partial charge in [-0.2, -0.15) is 5.26 Å². The van der Waals surface area contributed by atoms with Crippen molar-refractivity contribution < 1.29 is 9.53 Å². The lowest BCUT2D eigenvalue weighted by molar-refractivity contribution is 0.108. The molecule has 2 aliphatic rings. The van der Waals surface area contributed by atoms with Gasteiger partial charge in [-0.05, 0) is 80.8 Å². The lowest BCUT2D eigenvalue weighted by Crippen LogP contribution is -2.21. The second-order valence-electron chi connectivity index (χ2n) is 9.89. The molecule has 0 bridgehead atoms. The van der Waals surface area contributed by atoms with Crippen LogP contribution in [0.1, 0.15) is 50.6 Å². The minimum Gasteiger partial charge on any atom is -0.446 e. The molecule has 36 heavy (non-hydrogen) atoms. The molecule has 2 aromatic carbocycles. The number of hydrogen-bond donors (Lipinski definition) is 1. The number of pyridine rings is 1. The number of amides is 1. The molecular weight excluding hydrogens is 448 g/mol. The van der Waals surface area contributed by atoms with Crippen LogP contribution < -0.4 is 5.32 Å². The summed E-state index contributed by atoms with van der Waals surface area (Å²) in [5, 5.41) is 14.0. The van der Waals surface area contributed by atoms with Gasteiger partial charge in [0.25, 0.3) is 0 Å². The van der Waals surface area contributed by atoms with Crippen molar-refractivity contribution in [3.8, 4) is 28.6 Å². The van der Waals surface area contributed by atoms with Gasteiger partial charge in [-0.25, -0.2) is 4.79 Å². The summed E-state index contributed by atoms with van der Waals surface area (Å²) in [7, 11) is 0. The Balaban J connectivity index is 1.37. The third-order valence-electron chi connectivity index (χ3n) is 7.50. The first-order chi connectivity index (χ1) is 17.6. The highest BCUT2D eigenvalue weighted by Crippen LogP contribution is 2.43. The summed E-state index contributed by atoms with van der Waals surface area (Å²) >= 11 is 0. The Hall–Kier alpha value is -4.11. The van der Waals surface area contributed by atoms with Crippen molar-refractivity contribution in [2.75, 3.05) is 5.32 Å². The molecule has 1 unspecified atom stereocenters. The van der Waals surface area contributed by atoms with Crippen LogP contribution in [0.5, 0.6) is 0 Å². The van der Waals surface area contributed by atoms with Crippen molar-refractivity contribution in [2.45, 2.75) is 51.2 Å². The number of carbonyl (C=O) groups is 1. The quantitative estimate of drug-likeness (QED) is 0.316. The van der Waals surface area contributed by atoms with E-state index in [0.717, 1.165) is 59.1 Å². The van der Waals surface area contributed by atoms with Crippen LogP contribution >= 0.6 is 0 Å². The Morgan fingerprint density at radius 1 is 1.08 bits per heavy atom. The van der Waals surface area contributed by atoms with E-state index >= 15 is 0 Å². The van der Waals surface area contributed by atoms with Crippen molar-refractivity contribution in [2.24, 2.45) is 5.92 Å². The van der Waals surface area contributed by atoms with Gasteiger partial charge >= 0.3 is 6.09 Å². The van der Waals surface area contributed by atoms with Crippen molar-refractivity contribution in [1.29, 1.82) is 5.26 Å². The Kier molecular flexibility index (Phi) is 5.69. The van der Waals surface area contributed by atoms with E-state index in [9.17, 15) is 10.1 Å². The van der Waals surface area contributed by atoms with Crippen molar-refractivity contribution >= 4 is 22.7 Å². The maximum Gasteiger partial charge on any atom is 0.411 e. The van der Waals surface area contributed by atoms with Crippen molar-refractivity contribution in [3.63, 3.8) is 0 Å². The molecule has 2 fully saturated rings. The van der Waals surface area contributed by atoms with Gasteiger partial charge < -0.3 is 9.30 Å². The molecule has 1 N–H and O–H groups in total. The highest BCUT2D eigenvalue weighted by Gasteiger charge is 2.31. The second kappa shape index (κ2) is 9.16. The smallest absolute Gasteiger partial charge is 0.411 e. The summed E-state index contributed by atoms with van der Waals surface area (Å²) in [4.78, 5) is 16.8. The number of benzene rings is 2. The van der Waals surface area contributed by atoms with Crippen LogP contribution in [-0.4, -0.2) is 21.7 Å². The first kappa shape index (κ1) is 22.4. The molecule has 180 valence electrons. The fraction of sp³-hybridized carbons (Fsp3) is 0.300. The van der Waals surface area contributed by atoms with Crippen LogP contribution in [0.25, 0.3) is 33.4 Å². The van der Waals surface area contributed by atoms with Crippen LogP contribution in [0, 0.1) is 17.2 Å². The zero-order valence-corrected chi connectivity index (χ0v) is 20.3. The van der Waals surface area contributed by atoms with Crippen LogP contribution in [0.15, 0.2) is 66.9 Å². The van der Waals surface area contributed by atoms with Crippen LogP contribution in [0.4, 0.5) is 10.5 Å². The van der Waals surface area contributed by atoms with Crippen molar-refractivity contribution in [3.05, 3.63) is 72.4 Å². The van der Waals surface area contributed by atoms with Gasteiger partial charge in [0.15, 0.2) is 0 Å². The molecule has 2 aromatic heterocycles. The number of nitrogens with one attached hydrogen (secondary N) is 1. The summed E-state index contributed by atoms with van der Waals surface area (Å²) < 4.78 is 7.83. The number of nitriles is 1. The number of ether oxygens (including phenoxy) is 1. The molecule has 2 saturated carbocycles. The predicted octanol–water partition coefficient (Wildman–Crippen LogP) is 7.31. The fourth-order valence-electron chi connectivity index (χ4n) is 5.11. The lowest BCUT2D eigenvalue weighted by atomic mass is 9.92. The van der Waals surface area contributed by atoms with Gasteiger partial charge in [-0.15, -0.1) is 0 Å². The van der Waals surface area contributed by atoms with E-state index in [2.05, 4.69) is 27.0 Å². The summed E-state index contributed by atoms with van der Waals surface area (Å²) in [5.41, 5.74) is 6.27. The average molecular weight is 477 g/mol. The number of carbonyl (C=O) groups excluding carboxylic acids is 1. The van der Waals surface area contributed by atoms with Gasteiger partial charge in [0, 0.05) is 28.9 Å². The number of anilines is 1. The van der Waals surface area contributed by atoms with E-state index in [1.54, 1.807) is 6.20 Å². The first-order valence-corrected chi connectivity index (χ1v) is 12.7. The maximum absolute atomic E-state index is 12.3. The largest absolute Gasteiger partial charge is 0.446 e. The third-order valence-corrected chi connectivity index (χ3v) is 7.50. The molecular formula is C30H28N4O2. The van der Waals surface area contributed by atoms with E-state index in [1.807, 2.05) is 61.5 Å². The van der Waals surface area contributed by atoms with E-state index in [0.29, 0.717) is 23.2 Å². The lowest BCUT2D eigenvalue weighted by Gasteiger charge is -2.30. The second-order valence-corrected chi connectivity index (χ2v) is 9.89. The summed E-state index contributed by atoms with van der Waals surface area (Å²) in [5.74, 6) is 0.495. The molecule has 6 heteroatoms. The molecule has 6 nitrogen and oxygen atoms in total. The summed E-state index contributed by atoms with van der Waals surface area (Å²) in [6, 6.07) is 22.7. The van der Waals surface area contributed by atoms with E-state index < -0.39 is 6.09 Å². The molecule has 6 rings (SSSR count). The molecule has 0 radical (unpaired) electrons. The fourth-order valence-corrected chi connectivity index (χ4v) is 5.11. The highest BCUT2D eigenvalue weighted by molar-refractivity contribution is 5.97. The number of nitrogens with zero attached hydrogens (tertiary/aromatic N) is 3. The Morgan fingerprint density at radius 2 is 1.86 bits per heavy atom. The molecule has 4 aromatic rings. The van der Waals surface area contributed by atoms with Gasteiger partial charge in [-0.3, -0.25) is 10.3 Å². The average Bonchev–Trinajstić information content (AvgIpc) is 3.67. The summed E-state index contributed by atoms with van der Waals surface area (Å²) in [6.45, 7) is 1.95. The monoisotopic (exact) mass is 476 g/mol. The maximum atomic E-state index is 12.3. The highest BCUT2D eigenvalue weighted by atomic mass is 16.6. The standard InChI is InChI=1S/C30H28N4O2/c1-19(20-8-9-20)36-30(35)33-23-13-10-21(11-14-23)29-26(18-31)25-15-12-22(27-7-2-3-16-32-27)17-28(25)34(29)24-5-4-6-24/h2-3,7,10-17,19-20,24H,4-6,8-9H2,1H3,(H,33,35). The molecule has 1 atom stereocenters. The SMILES string of the molecule is CC(OC(=O)Nc1ccc(-c2c(C#N)c3ccc(-c4ccccn4)cc3n2C2CCC2)cc1)C1CC1. The topological polar surface area (TPSA) is 79.9 Å². The van der Waals surface area contributed by atoms with E-state index in [-0.39, 0.29) is 6.10 Å². The Labute approximate surface area is 210 Å². The molecule has 0 aliphatic heterocycles. The van der Waals surface area contributed by atoms with Crippen molar-refractivity contribution in [1.82, 2.24) is 9.55 Å². The van der Waals surface area contributed by atoms with Crippen LogP contribution in [0.3, 0.4) is 0 Å². The normalized spacial score (nSPS) is 16.2. The van der Waals surface area contributed by atoms with Gasteiger partial charge in [0.2, 0.25) is 0 Å². The molecule has 2 aliphatic carbocycles. The molecule has 0 spiro atoms.